The number of carbonyl (C=O) groups is 1. The molecule has 5 nitrogen and oxygen atoms in total. The van der Waals surface area contributed by atoms with Crippen molar-refractivity contribution in [1.82, 2.24) is 5.32 Å². The van der Waals surface area contributed by atoms with Gasteiger partial charge in [0.1, 0.15) is 0 Å². The zero-order chi connectivity index (χ0) is 23.1. The van der Waals surface area contributed by atoms with Gasteiger partial charge >= 0.3 is 0 Å². The highest BCUT2D eigenvalue weighted by molar-refractivity contribution is 9.10. The standard InChI is InChI=1S/C25H35BrN2O3/c1-7-30-21-13-18(15-27-25(5,6)17-24(2,3)4)20(26)14-22(21)31-16-23(29)28-19-11-9-8-10-12-19/h8-14,27H,7,15-17H2,1-6H3,(H,28,29). The first-order valence-electron chi connectivity index (χ1n) is 10.7. The molecule has 2 rings (SSSR count). The van der Waals surface area contributed by atoms with Crippen LogP contribution in [0, 0.1) is 5.41 Å². The SMILES string of the molecule is CCOc1cc(CNC(C)(C)CC(C)(C)C)c(Br)cc1OCC(=O)Nc1ccccc1. The quantitative estimate of drug-likeness (QED) is 0.417. The topological polar surface area (TPSA) is 59.6 Å². The molecule has 0 aliphatic rings. The van der Waals surface area contributed by atoms with Crippen molar-refractivity contribution >= 4 is 27.5 Å². The third kappa shape index (κ3) is 8.91. The Kier molecular flexibility index (Phi) is 8.95. The summed E-state index contributed by atoms with van der Waals surface area (Å²) in [5.41, 5.74) is 2.05. The van der Waals surface area contributed by atoms with Crippen molar-refractivity contribution in [1.29, 1.82) is 0 Å². The highest BCUT2D eigenvalue weighted by Gasteiger charge is 2.25. The molecular weight excluding hydrogens is 456 g/mol. The Hall–Kier alpha value is -2.05. The van der Waals surface area contributed by atoms with Crippen molar-refractivity contribution in [3.8, 4) is 11.5 Å². The third-order valence-corrected chi connectivity index (χ3v) is 5.30. The van der Waals surface area contributed by atoms with Gasteiger partial charge < -0.3 is 20.1 Å². The molecule has 170 valence electrons. The number of halogens is 1. The van der Waals surface area contributed by atoms with E-state index >= 15 is 0 Å². The van der Waals surface area contributed by atoms with Crippen molar-refractivity contribution in [2.75, 3.05) is 18.5 Å². The van der Waals surface area contributed by atoms with E-state index in [-0.39, 0.29) is 23.5 Å². The summed E-state index contributed by atoms with van der Waals surface area (Å²) < 4.78 is 12.5. The van der Waals surface area contributed by atoms with Gasteiger partial charge in [0.05, 0.1) is 6.61 Å². The number of anilines is 1. The van der Waals surface area contributed by atoms with Gasteiger partial charge in [-0.05, 0) is 62.4 Å². The van der Waals surface area contributed by atoms with Gasteiger partial charge in [0.25, 0.3) is 5.91 Å². The van der Waals surface area contributed by atoms with Crippen LogP contribution in [-0.4, -0.2) is 24.7 Å². The molecular formula is C25H35BrN2O3. The number of para-hydroxylation sites is 1. The molecule has 2 N–H and O–H groups in total. The van der Waals surface area contributed by atoms with E-state index in [0.717, 1.165) is 22.1 Å². The van der Waals surface area contributed by atoms with Crippen molar-refractivity contribution in [2.45, 2.75) is 60.0 Å². The van der Waals surface area contributed by atoms with Gasteiger partial charge in [-0.3, -0.25) is 4.79 Å². The Morgan fingerprint density at radius 2 is 1.65 bits per heavy atom. The van der Waals surface area contributed by atoms with Gasteiger partial charge in [-0.1, -0.05) is 54.9 Å². The molecule has 0 unspecified atom stereocenters. The zero-order valence-corrected chi connectivity index (χ0v) is 21.1. The summed E-state index contributed by atoms with van der Waals surface area (Å²) in [5, 5.41) is 6.47. The van der Waals surface area contributed by atoms with Crippen LogP contribution < -0.4 is 20.1 Å². The second-order valence-corrected chi connectivity index (χ2v) is 10.4. The Balaban J connectivity index is 2.06. The van der Waals surface area contributed by atoms with Gasteiger partial charge in [0, 0.05) is 22.2 Å². The number of hydrogen-bond donors (Lipinski definition) is 2. The summed E-state index contributed by atoms with van der Waals surface area (Å²) in [7, 11) is 0. The van der Waals surface area contributed by atoms with Crippen molar-refractivity contribution in [3.05, 3.63) is 52.5 Å². The summed E-state index contributed by atoms with van der Waals surface area (Å²) in [6.07, 6.45) is 1.05. The molecule has 0 aliphatic heterocycles. The number of carbonyl (C=O) groups excluding carboxylic acids is 1. The zero-order valence-electron chi connectivity index (χ0n) is 19.5. The number of amides is 1. The van der Waals surface area contributed by atoms with Crippen LogP contribution in [0.3, 0.4) is 0 Å². The highest BCUT2D eigenvalue weighted by Crippen LogP contribution is 2.35. The van der Waals surface area contributed by atoms with E-state index in [4.69, 9.17) is 9.47 Å². The fourth-order valence-electron chi connectivity index (χ4n) is 3.68. The first kappa shape index (κ1) is 25.2. The van der Waals surface area contributed by atoms with E-state index in [9.17, 15) is 4.79 Å². The minimum Gasteiger partial charge on any atom is -0.490 e. The van der Waals surface area contributed by atoms with Crippen LogP contribution in [0.1, 0.15) is 53.5 Å². The maximum Gasteiger partial charge on any atom is 0.262 e. The molecule has 0 aliphatic carbocycles. The molecule has 0 bridgehead atoms. The molecule has 1 amide bonds. The number of hydrogen-bond acceptors (Lipinski definition) is 4. The molecule has 0 radical (unpaired) electrons. The highest BCUT2D eigenvalue weighted by atomic mass is 79.9. The number of ether oxygens (including phenoxy) is 2. The lowest BCUT2D eigenvalue weighted by molar-refractivity contribution is -0.118. The molecule has 2 aromatic carbocycles. The Bertz CT molecular complexity index is 861. The summed E-state index contributed by atoms with van der Waals surface area (Å²) >= 11 is 3.65. The molecule has 6 heteroatoms. The first-order valence-corrected chi connectivity index (χ1v) is 11.5. The number of nitrogens with one attached hydrogen (secondary N) is 2. The first-order chi connectivity index (χ1) is 14.5. The average molecular weight is 491 g/mol. The van der Waals surface area contributed by atoms with Crippen LogP contribution in [0.15, 0.2) is 46.9 Å². The summed E-state index contributed by atoms with van der Waals surface area (Å²) in [4.78, 5) is 12.2. The second kappa shape index (κ2) is 11.0. The van der Waals surface area contributed by atoms with Crippen LogP contribution >= 0.6 is 15.9 Å². The number of rotatable bonds is 10. The van der Waals surface area contributed by atoms with E-state index in [1.807, 2.05) is 49.4 Å². The van der Waals surface area contributed by atoms with Gasteiger partial charge in [0.2, 0.25) is 0 Å². The van der Waals surface area contributed by atoms with Crippen LogP contribution in [-0.2, 0) is 11.3 Å². The number of benzene rings is 2. The van der Waals surface area contributed by atoms with Gasteiger partial charge in [-0.2, -0.15) is 0 Å². The predicted molar refractivity (Wildman–Crippen MR) is 131 cm³/mol. The van der Waals surface area contributed by atoms with E-state index in [1.165, 1.54) is 0 Å². The summed E-state index contributed by atoms with van der Waals surface area (Å²) in [5.74, 6) is 0.942. The Morgan fingerprint density at radius 1 is 1.00 bits per heavy atom. The molecule has 31 heavy (non-hydrogen) atoms. The second-order valence-electron chi connectivity index (χ2n) is 9.50. The molecule has 0 fully saturated rings. The normalized spacial score (nSPS) is 11.8. The molecule has 0 spiro atoms. The maximum atomic E-state index is 12.2. The Morgan fingerprint density at radius 3 is 2.26 bits per heavy atom. The van der Waals surface area contributed by atoms with Gasteiger partial charge in [0.15, 0.2) is 18.1 Å². The van der Waals surface area contributed by atoms with Crippen LogP contribution in [0.25, 0.3) is 0 Å². The van der Waals surface area contributed by atoms with Gasteiger partial charge in [-0.25, -0.2) is 0 Å². The summed E-state index contributed by atoms with van der Waals surface area (Å²) in [6.45, 7) is 14.2. The third-order valence-electron chi connectivity index (χ3n) is 4.56. The minimum atomic E-state index is -0.223. The summed E-state index contributed by atoms with van der Waals surface area (Å²) in [6, 6.07) is 13.2. The van der Waals surface area contributed by atoms with E-state index in [2.05, 4.69) is 61.2 Å². The lowest BCUT2D eigenvalue weighted by atomic mass is 9.82. The lowest BCUT2D eigenvalue weighted by Gasteiger charge is -2.33. The van der Waals surface area contributed by atoms with Crippen LogP contribution in [0.4, 0.5) is 5.69 Å². The van der Waals surface area contributed by atoms with Crippen molar-refractivity contribution in [3.63, 3.8) is 0 Å². The largest absolute Gasteiger partial charge is 0.490 e. The predicted octanol–water partition coefficient (Wildman–Crippen LogP) is 6.17. The maximum absolute atomic E-state index is 12.2. The monoisotopic (exact) mass is 490 g/mol. The molecule has 0 saturated heterocycles. The molecule has 0 heterocycles. The lowest BCUT2D eigenvalue weighted by Crippen LogP contribution is -2.41. The fraction of sp³-hybridized carbons (Fsp3) is 0.480. The van der Waals surface area contributed by atoms with Crippen LogP contribution in [0.2, 0.25) is 0 Å². The van der Waals surface area contributed by atoms with E-state index in [0.29, 0.717) is 24.7 Å². The minimum absolute atomic E-state index is 0.00579. The molecule has 0 saturated carbocycles. The Labute approximate surface area is 195 Å². The van der Waals surface area contributed by atoms with Crippen molar-refractivity contribution < 1.29 is 14.3 Å². The van der Waals surface area contributed by atoms with Crippen LogP contribution in [0.5, 0.6) is 11.5 Å². The van der Waals surface area contributed by atoms with Crippen molar-refractivity contribution in [2.24, 2.45) is 5.41 Å². The fourth-order valence-corrected chi connectivity index (χ4v) is 4.14. The molecule has 2 aromatic rings. The average Bonchev–Trinajstić information content (AvgIpc) is 2.66. The smallest absolute Gasteiger partial charge is 0.262 e. The van der Waals surface area contributed by atoms with Gasteiger partial charge in [-0.15, -0.1) is 0 Å². The van der Waals surface area contributed by atoms with E-state index in [1.54, 1.807) is 0 Å². The van der Waals surface area contributed by atoms with E-state index < -0.39 is 0 Å². The molecule has 0 aromatic heterocycles. The molecule has 0 atom stereocenters.